The Labute approximate surface area is 95.6 Å². The molecule has 0 amide bonds. The van der Waals surface area contributed by atoms with Gasteiger partial charge in [-0.2, -0.15) is 0 Å². The molecule has 1 aromatic rings. The maximum absolute atomic E-state index is 5.74. The molecular formula is C11H18N4O. The average Bonchev–Trinajstić information content (AvgIpc) is 2.28. The predicted octanol–water partition coefficient (Wildman–Crippen LogP) is 0.406. The lowest BCUT2D eigenvalue weighted by Gasteiger charge is -2.30. The zero-order valence-electron chi connectivity index (χ0n) is 9.52. The molecule has 0 radical (unpaired) electrons. The van der Waals surface area contributed by atoms with E-state index in [1.54, 1.807) is 6.20 Å². The third-order valence-corrected chi connectivity index (χ3v) is 2.70. The maximum atomic E-state index is 5.74. The minimum absolute atomic E-state index is 0.221. The maximum Gasteiger partial charge on any atom is 0.146 e. The summed E-state index contributed by atoms with van der Waals surface area (Å²) in [6, 6.07) is 3.79. The molecule has 88 valence electrons. The molecule has 1 unspecified atom stereocenters. The molecule has 0 aromatic carbocycles. The molecule has 1 saturated heterocycles. The quantitative estimate of drug-likeness (QED) is 0.775. The predicted molar refractivity (Wildman–Crippen MR) is 64.4 cm³/mol. The van der Waals surface area contributed by atoms with Gasteiger partial charge in [0.1, 0.15) is 5.82 Å². The summed E-state index contributed by atoms with van der Waals surface area (Å²) in [6.07, 6.45) is 1.91. The van der Waals surface area contributed by atoms with Gasteiger partial charge in [0.15, 0.2) is 0 Å². The van der Waals surface area contributed by atoms with Crippen molar-refractivity contribution in [2.75, 3.05) is 44.3 Å². The summed E-state index contributed by atoms with van der Waals surface area (Å²) in [6.45, 7) is 3.52. The highest BCUT2D eigenvalue weighted by Gasteiger charge is 2.17. The molecule has 16 heavy (non-hydrogen) atoms. The first-order valence-corrected chi connectivity index (χ1v) is 5.50. The van der Waals surface area contributed by atoms with Crippen molar-refractivity contribution in [2.45, 2.75) is 6.10 Å². The molecule has 1 aliphatic heterocycles. The van der Waals surface area contributed by atoms with Gasteiger partial charge in [-0.25, -0.2) is 4.98 Å². The third-order valence-electron chi connectivity index (χ3n) is 2.70. The molecule has 0 aliphatic carbocycles. The smallest absolute Gasteiger partial charge is 0.146 e. The monoisotopic (exact) mass is 222 g/mol. The summed E-state index contributed by atoms with van der Waals surface area (Å²) in [5.41, 5.74) is 6.61. The number of hydrogen-bond donors (Lipinski definition) is 2. The number of rotatable bonds is 3. The second kappa shape index (κ2) is 5.14. The second-order valence-corrected chi connectivity index (χ2v) is 4.07. The molecule has 0 saturated carbocycles. The van der Waals surface area contributed by atoms with Crippen LogP contribution in [-0.2, 0) is 4.74 Å². The Kier molecular flexibility index (Phi) is 3.58. The zero-order valence-corrected chi connectivity index (χ0v) is 9.52. The number of pyridine rings is 1. The Morgan fingerprint density at radius 1 is 1.69 bits per heavy atom. The molecule has 3 N–H and O–H groups in total. The average molecular weight is 222 g/mol. The number of nitrogen functional groups attached to an aromatic ring is 1. The summed E-state index contributed by atoms with van der Waals surface area (Å²) >= 11 is 0. The van der Waals surface area contributed by atoms with Crippen molar-refractivity contribution in [2.24, 2.45) is 0 Å². The summed E-state index contributed by atoms with van der Waals surface area (Å²) in [5, 5.41) is 3.26. The second-order valence-electron chi connectivity index (χ2n) is 4.07. The highest BCUT2D eigenvalue weighted by Crippen LogP contribution is 2.14. The van der Waals surface area contributed by atoms with Gasteiger partial charge in [0.2, 0.25) is 0 Å². The van der Waals surface area contributed by atoms with E-state index in [9.17, 15) is 0 Å². The molecule has 5 heteroatoms. The molecule has 0 bridgehead atoms. The lowest BCUT2D eigenvalue weighted by molar-refractivity contribution is -0.0117. The van der Waals surface area contributed by atoms with Crippen molar-refractivity contribution < 1.29 is 4.74 Å². The van der Waals surface area contributed by atoms with Gasteiger partial charge in [0, 0.05) is 25.8 Å². The van der Waals surface area contributed by atoms with Crippen LogP contribution < -0.4 is 11.1 Å². The molecule has 5 nitrogen and oxygen atoms in total. The number of hydrogen-bond acceptors (Lipinski definition) is 5. The van der Waals surface area contributed by atoms with Crippen molar-refractivity contribution in [3.05, 3.63) is 18.3 Å². The van der Waals surface area contributed by atoms with Gasteiger partial charge in [-0.15, -0.1) is 0 Å². The molecule has 0 spiro atoms. The van der Waals surface area contributed by atoms with Crippen LogP contribution in [0, 0.1) is 0 Å². The molecule has 2 rings (SSSR count). The van der Waals surface area contributed by atoms with E-state index in [2.05, 4.69) is 22.2 Å². The minimum atomic E-state index is 0.221. The van der Waals surface area contributed by atoms with Crippen LogP contribution in [-0.4, -0.2) is 49.3 Å². The van der Waals surface area contributed by atoms with Crippen molar-refractivity contribution in [1.29, 1.82) is 0 Å². The number of likely N-dealkylation sites (N-methyl/N-ethyl adjacent to an activating group) is 1. The molecule has 1 atom stereocenters. The van der Waals surface area contributed by atoms with Crippen LogP contribution in [0.3, 0.4) is 0 Å². The Morgan fingerprint density at radius 3 is 3.31 bits per heavy atom. The number of anilines is 2. The van der Waals surface area contributed by atoms with Crippen LogP contribution >= 0.6 is 0 Å². The highest BCUT2D eigenvalue weighted by atomic mass is 16.5. The molecule has 1 aliphatic rings. The van der Waals surface area contributed by atoms with Gasteiger partial charge in [-0.05, 0) is 19.2 Å². The Balaban J connectivity index is 1.85. The van der Waals surface area contributed by atoms with Crippen LogP contribution in [0.25, 0.3) is 0 Å². The van der Waals surface area contributed by atoms with Crippen LogP contribution in [0.1, 0.15) is 0 Å². The summed E-state index contributed by atoms with van der Waals surface area (Å²) in [4.78, 5) is 6.29. The van der Waals surface area contributed by atoms with Crippen LogP contribution in [0.5, 0.6) is 0 Å². The molecule has 1 fully saturated rings. The van der Waals surface area contributed by atoms with E-state index in [0.717, 1.165) is 31.9 Å². The van der Waals surface area contributed by atoms with E-state index in [-0.39, 0.29) is 6.10 Å². The lowest BCUT2D eigenvalue weighted by atomic mass is 10.2. The number of ether oxygens (including phenoxy) is 1. The third kappa shape index (κ3) is 2.84. The fraction of sp³-hybridized carbons (Fsp3) is 0.545. The van der Waals surface area contributed by atoms with Gasteiger partial charge in [-0.1, -0.05) is 0 Å². The number of nitrogens with zero attached hydrogens (tertiary/aromatic N) is 2. The molecular weight excluding hydrogens is 204 g/mol. The Hall–Kier alpha value is -1.33. The highest BCUT2D eigenvalue weighted by molar-refractivity contribution is 5.60. The van der Waals surface area contributed by atoms with E-state index >= 15 is 0 Å². The number of aromatic nitrogens is 1. The number of nitrogens with one attached hydrogen (secondary N) is 1. The first-order valence-electron chi connectivity index (χ1n) is 5.50. The van der Waals surface area contributed by atoms with Gasteiger partial charge in [0.05, 0.1) is 18.4 Å². The van der Waals surface area contributed by atoms with Crippen molar-refractivity contribution >= 4 is 11.5 Å². The summed E-state index contributed by atoms with van der Waals surface area (Å²) < 4.78 is 5.64. The molecule has 1 aromatic heterocycles. The van der Waals surface area contributed by atoms with Crippen molar-refractivity contribution in [3.8, 4) is 0 Å². The van der Waals surface area contributed by atoms with E-state index < -0.39 is 0 Å². The van der Waals surface area contributed by atoms with Gasteiger partial charge in [0.25, 0.3) is 0 Å². The minimum Gasteiger partial charge on any atom is -0.382 e. The van der Waals surface area contributed by atoms with Crippen LogP contribution in [0.2, 0.25) is 0 Å². The first-order chi connectivity index (χ1) is 7.75. The molecule has 2 heterocycles. The number of morpholine rings is 1. The van der Waals surface area contributed by atoms with Crippen molar-refractivity contribution in [3.63, 3.8) is 0 Å². The van der Waals surface area contributed by atoms with Crippen molar-refractivity contribution in [1.82, 2.24) is 9.88 Å². The van der Waals surface area contributed by atoms with E-state index in [1.807, 2.05) is 12.1 Å². The van der Waals surface area contributed by atoms with Crippen LogP contribution in [0.15, 0.2) is 18.3 Å². The van der Waals surface area contributed by atoms with Crippen LogP contribution in [0.4, 0.5) is 11.5 Å². The van der Waals surface area contributed by atoms with E-state index in [0.29, 0.717) is 5.82 Å². The summed E-state index contributed by atoms with van der Waals surface area (Å²) in [7, 11) is 2.11. The lowest BCUT2D eigenvalue weighted by Crippen LogP contribution is -2.43. The van der Waals surface area contributed by atoms with Gasteiger partial charge in [-0.3, -0.25) is 0 Å². The Bertz CT molecular complexity index is 345. The van der Waals surface area contributed by atoms with Gasteiger partial charge < -0.3 is 20.7 Å². The topological polar surface area (TPSA) is 63.4 Å². The van der Waals surface area contributed by atoms with E-state index in [4.69, 9.17) is 10.5 Å². The largest absolute Gasteiger partial charge is 0.382 e. The number of nitrogens with two attached hydrogens (primary N) is 1. The SMILES string of the molecule is CN1CCOC(CNc2cccnc2N)C1. The van der Waals surface area contributed by atoms with Gasteiger partial charge >= 0.3 is 0 Å². The Morgan fingerprint density at radius 2 is 2.56 bits per heavy atom. The fourth-order valence-electron chi connectivity index (χ4n) is 1.78. The normalized spacial score (nSPS) is 21.9. The standard InChI is InChI=1S/C11H18N4O/c1-15-5-6-16-9(8-15)7-14-10-3-2-4-13-11(10)12/h2-4,9,14H,5-8H2,1H3,(H2,12,13). The van der Waals surface area contributed by atoms with E-state index in [1.165, 1.54) is 0 Å². The fourth-order valence-corrected chi connectivity index (χ4v) is 1.78. The first kappa shape index (κ1) is 11.2. The zero-order chi connectivity index (χ0) is 11.4. The summed E-state index contributed by atoms with van der Waals surface area (Å²) in [5.74, 6) is 0.534.